The SMILES string of the molecule is Cc1ccc(C2CC(C(=O)N3CCN(C(=O)c4ccc(Cl)cc4)CC3)NN2)cc1C. The zero-order chi connectivity index (χ0) is 21.3. The number of halogens is 1. The van der Waals surface area contributed by atoms with Crippen molar-refractivity contribution in [3.05, 3.63) is 69.7 Å². The third kappa shape index (κ3) is 4.36. The van der Waals surface area contributed by atoms with Crippen LogP contribution in [0.4, 0.5) is 0 Å². The number of hydrogen-bond acceptors (Lipinski definition) is 4. The highest BCUT2D eigenvalue weighted by Gasteiger charge is 2.34. The quantitative estimate of drug-likeness (QED) is 0.792. The van der Waals surface area contributed by atoms with Crippen molar-refractivity contribution in [2.75, 3.05) is 26.2 Å². The lowest BCUT2D eigenvalue weighted by Crippen LogP contribution is -2.54. The summed E-state index contributed by atoms with van der Waals surface area (Å²) in [6.45, 7) is 6.37. The molecule has 7 heteroatoms. The highest BCUT2D eigenvalue weighted by molar-refractivity contribution is 6.30. The average molecular weight is 427 g/mol. The number of rotatable bonds is 3. The minimum atomic E-state index is -0.255. The fourth-order valence-electron chi connectivity index (χ4n) is 4.04. The van der Waals surface area contributed by atoms with E-state index in [1.807, 2.05) is 4.90 Å². The van der Waals surface area contributed by atoms with Crippen LogP contribution in [-0.4, -0.2) is 53.8 Å². The molecule has 4 rings (SSSR count). The largest absolute Gasteiger partial charge is 0.338 e. The molecule has 0 spiro atoms. The van der Waals surface area contributed by atoms with Crippen LogP contribution in [0.2, 0.25) is 5.02 Å². The Labute approximate surface area is 182 Å². The van der Waals surface area contributed by atoms with Gasteiger partial charge >= 0.3 is 0 Å². The molecule has 2 atom stereocenters. The summed E-state index contributed by atoms with van der Waals surface area (Å²) >= 11 is 5.90. The number of nitrogens with one attached hydrogen (secondary N) is 2. The fourth-order valence-corrected chi connectivity index (χ4v) is 4.17. The van der Waals surface area contributed by atoms with Crippen LogP contribution in [0.3, 0.4) is 0 Å². The lowest BCUT2D eigenvalue weighted by atomic mass is 9.98. The van der Waals surface area contributed by atoms with Gasteiger partial charge in [0.15, 0.2) is 0 Å². The molecule has 2 N–H and O–H groups in total. The second-order valence-corrected chi connectivity index (χ2v) is 8.53. The molecule has 0 bridgehead atoms. The van der Waals surface area contributed by atoms with Gasteiger partial charge in [0.2, 0.25) is 5.91 Å². The summed E-state index contributed by atoms with van der Waals surface area (Å²) in [5, 5.41) is 0.610. The molecule has 2 heterocycles. The molecule has 2 amide bonds. The number of aryl methyl sites for hydroxylation is 2. The van der Waals surface area contributed by atoms with E-state index in [9.17, 15) is 9.59 Å². The van der Waals surface area contributed by atoms with Gasteiger partial charge in [-0.05, 0) is 61.2 Å². The van der Waals surface area contributed by atoms with Crippen molar-refractivity contribution in [1.29, 1.82) is 0 Å². The summed E-state index contributed by atoms with van der Waals surface area (Å²) < 4.78 is 0. The van der Waals surface area contributed by atoms with E-state index in [0.29, 0.717) is 43.2 Å². The van der Waals surface area contributed by atoms with Crippen LogP contribution in [0.5, 0.6) is 0 Å². The second-order valence-electron chi connectivity index (χ2n) is 8.10. The van der Waals surface area contributed by atoms with Gasteiger partial charge in [-0.2, -0.15) is 0 Å². The summed E-state index contributed by atoms with van der Waals surface area (Å²) in [7, 11) is 0. The molecule has 30 heavy (non-hydrogen) atoms. The van der Waals surface area contributed by atoms with Gasteiger partial charge in [-0.1, -0.05) is 29.8 Å². The second kappa shape index (κ2) is 8.76. The smallest absolute Gasteiger partial charge is 0.253 e. The van der Waals surface area contributed by atoms with Gasteiger partial charge in [0.25, 0.3) is 5.91 Å². The number of amides is 2. The number of hydrazine groups is 1. The third-order valence-corrected chi connectivity index (χ3v) is 6.36. The molecular formula is C23H27ClN4O2. The summed E-state index contributed by atoms with van der Waals surface area (Å²) in [5.41, 5.74) is 10.8. The van der Waals surface area contributed by atoms with Crippen molar-refractivity contribution >= 4 is 23.4 Å². The van der Waals surface area contributed by atoms with E-state index < -0.39 is 0 Å². The monoisotopic (exact) mass is 426 g/mol. The van der Waals surface area contributed by atoms with Gasteiger partial charge in [-0.25, -0.2) is 10.9 Å². The maximum absolute atomic E-state index is 13.0. The third-order valence-electron chi connectivity index (χ3n) is 6.10. The zero-order valence-electron chi connectivity index (χ0n) is 17.3. The van der Waals surface area contributed by atoms with E-state index in [2.05, 4.69) is 42.9 Å². The van der Waals surface area contributed by atoms with E-state index >= 15 is 0 Å². The van der Waals surface area contributed by atoms with Crippen molar-refractivity contribution in [3.63, 3.8) is 0 Å². The number of carbonyl (C=O) groups excluding carboxylic acids is 2. The maximum atomic E-state index is 13.0. The molecule has 2 aliphatic rings. The van der Waals surface area contributed by atoms with E-state index in [1.54, 1.807) is 29.2 Å². The first-order valence-corrected chi connectivity index (χ1v) is 10.7. The molecular weight excluding hydrogens is 400 g/mol. The van der Waals surface area contributed by atoms with Crippen molar-refractivity contribution in [1.82, 2.24) is 20.7 Å². The molecule has 2 aliphatic heterocycles. The molecule has 2 aromatic carbocycles. The van der Waals surface area contributed by atoms with Crippen molar-refractivity contribution in [3.8, 4) is 0 Å². The predicted molar refractivity (Wildman–Crippen MR) is 117 cm³/mol. The summed E-state index contributed by atoms with van der Waals surface area (Å²) in [6, 6.07) is 13.2. The Morgan fingerprint density at radius 1 is 0.900 bits per heavy atom. The van der Waals surface area contributed by atoms with E-state index in [4.69, 9.17) is 11.6 Å². The average Bonchev–Trinajstić information content (AvgIpc) is 3.25. The van der Waals surface area contributed by atoms with Gasteiger partial charge in [-0.15, -0.1) is 0 Å². The van der Waals surface area contributed by atoms with Gasteiger partial charge < -0.3 is 9.80 Å². The Kier molecular flexibility index (Phi) is 6.09. The summed E-state index contributed by atoms with van der Waals surface area (Å²) in [5.74, 6) is 0.0710. The topological polar surface area (TPSA) is 64.7 Å². The summed E-state index contributed by atoms with van der Waals surface area (Å²) in [4.78, 5) is 29.3. The Hall–Kier alpha value is -2.41. The van der Waals surface area contributed by atoms with Crippen LogP contribution in [0.1, 0.15) is 39.5 Å². The van der Waals surface area contributed by atoms with Crippen LogP contribution < -0.4 is 10.9 Å². The van der Waals surface area contributed by atoms with Crippen LogP contribution in [0.25, 0.3) is 0 Å². The van der Waals surface area contributed by atoms with Crippen LogP contribution in [0, 0.1) is 13.8 Å². The lowest BCUT2D eigenvalue weighted by Gasteiger charge is -2.36. The first-order valence-electron chi connectivity index (χ1n) is 10.3. The standard InChI is InChI=1S/C23H27ClN4O2/c1-15-3-4-18(13-16(15)2)20-14-21(26-25-20)23(30)28-11-9-27(10-12-28)22(29)17-5-7-19(24)8-6-17/h3-8,13,20-21,25-26H,9-12,14H2,1-2H3. The first-order chi connectivity index (χ1) is 14.4. The van der Waals surface area contributed by atoms with Gasteiger partial charge in [0.1, 0.15) is 6.04 Å². The van der Waals surface area contributed by atoms with Crippen molar-refractivity contribution in [2.24, 2.45) is 0 Å². The fraction of sp³-hybridized carbons (Fsp3) is 0.391. The number of hydrogen-bond donors (Lipinski definition) is 2. The molecule has 2 aromatic rings. The number of piperazine rings is 1. The highest BCUT2D eigenvalue weighted by atomic mass is 35.5. The lowest BCUT2D eigenvalue weighted by molar-refractivity contribution is -0.134. The molecule has 0 radical (unpaired) electrons. The van der Waals surface area contributed by atoms with Gasteiger partial charge in [0, 0.05) is 42.8 Å². The minimum absolute atomic E-state index is 0.0192. The number of benzene rings is 2. The Morgan fingerprint density at radius 2 is 1.57 bits per heavy atom. The van der Waals surface area contributed by atoms with E-state index in [1.165, 1.54) is 16.7 Å². The van der Waals surface area contributed by atoms with Gasteiger partial charge in [0.05, 0.1) is 0 Å². The van der Waals surface area contributed by atoms with Crippen LogP contribution in [-0.2, 0) is 4.79 Å². The van der Waals surface area contributed by atoms with Crippen LogP contribution >= 0.6 is 11.6 Å². The molecule has 2 unspecified atom stereocenters. The first kappa shape index (κ1) is 20.8. The zero-order valence-corrected chi connectivity index (χ0v) is 18.1. The normalized spacial score (nSPS) is 21.7. The number of carbonyl (C=O) groups is 2. The Balaban J connectivity index is 1.31. The minimum Gasteiger partial charge on any atom is -0.338 e. The van der Waals surface area contributed by atoms with E-state index in [0.717, 1.165) is 0 Å². The molecule has 2 fully saturated rings. The van der Waals surface area contributed by atoms with E-state index in [-0.39, 0.29) is 23.9 Å². The Morgan fingerprint density at radius 3 is 2.23 bits per heavy atom. The predicted octanol–water partition coefficient (Wildman–Crippen LogP) is 2.85. The molecule has 0 saturated carbocycles. The molecule has 0 aliphatic carbocycles. The number of nitrogens with zero attached hydrogens (tertiary/aromatic N) is 2. The highest BCUT2D eigenvalue weighted by Crippen LogP contribution is 2.25. The Bertz CT molecular complexity index is 939. The summed E-state index contributed by atoms with van der Waals surface area (Å²) in [6.07, 6.45) is 0.714. The van der Waals surface area contributed by atoms with Gasteiger partial charge in [-0.3, -0.25) is 9.59 Å². The molecule has 0 aromatic heterocycles. The molecule has 6 nitrogen and oxygen atoms in total. The van der Waals surface area contributed by atoms with Crippen LogP contribution in [0.15, 0.2) is 42.5 Å². The molecule has 2 saturated heterocycles. The maximum Gasteiger partial charge on any atom is 0.253 e. The van der Waals surface area contributed by atoms with Crippen molar-refractivity contribution in [2.45, 2.75) is 32.4 Å². The molecule has 158 valence electrons. The van der Waals surface area contributed by atoms with Crippen molar-refractivity contribution < 1.29 is 9.59 Å².